The number of nitrogens with zero attached hydrogens (tertiary/aromatic N) is 3. The number of anilines is 2. The molecule has 2 aromatic heterocycles. The minimum Gasteiger partial charge on any atom is -0.381 e. The van der Waals surface area contributed by atoms with Crippen LogP contribution in [0.1, 0.15) is 54.0 Å². The summed E-state index contributed by atoms with van der Waals surface area (Å²) in [7, 11) is 0. The van der Waals surface area contributed by atoms with Crippen LogP contribution in [0, 0.1) is 17.0 Å². The number of aromatic nitrogens is 2. The predicted octanol–water partition coefficient (Wildman–Crippen LogP) is 3.84. The van der Waals surface area contributed by atoms with Gasteiger partial charge in [-0.1, -0.05) is 6.07 Å². The molecule has 42 heavy (non-hydrogen) atoms. The van der Waals surface area contributed by atoms with Crippen LogP contribution in [0.5, 0.6) is 0 Å². The molecule has 11 heteroatoms. The normalized spacial score (nSPS) is 24.0. The minimum absolute atomic E-state index is 0.108. The second-order valence-electron chi connectivity index (χ2n) is 11.8. The van der Waals surface area contributed by atoms with Crippen LogP contribution in [-0.4, -0.2) is 52.3 Å². The highest BCUT2D eigenvalue weighted by atomic mass is 19.1. The molecule has 2 saturated heterocycles. The number of pyridine rings is 2. The van der Waals surface area contributed by atoms with Crippen LogP contribution in [-0.2, 0) is 37.4 Å². The molecule has 1 aliphatic carbocycles. The summed E-state index contributed by atoms with van der Waals surface area (Å²) in [5.74, 6) is -1.38. The first-order valence-corrected chi connectivity index (χ1v) is 14.2. The molecule has 0 bridgehead atoms. The fourth-order valence-electron chi connectivity index (χ4n) is 7.20. The first kappa shape index (κ1) is 26.6. The summed E-state index contributed by atoms with van der Waals surface area (Å²) in [6, 6.07) is 8.07. The summed E-state index contributed by atoms with van der Waals surface area (Å²) < 4.78 is 33.8. The third-order valence-electron chi connectivity index (χ3n) is 9.35. The summed E-state index contributed by atoms with van der Waals surface area (Å²) in [5, 5.41) is 5.68. The van der Waals surface area contributed by atoms with Crippen LogP contribution >= 0.6 is 0 Å². The van der Waals surface area contributed by atoms with Crippen LogP contribution in [0.15, 0.2) is 48.8 Å². The summed E-state index contributed by atoms with van der Waals surface area (Å²) in [5.41, 5.74) is 1.57. The Bertz CT molecular complexity index is 1600. The van der Waals surface area contributed by atoms with Crippen LogP contribution in [0.25, 0.3) is 0 Å². The lowest BCUT2D eigenvalue weighted by Crippen LogP contribution is -2.54. The molecule has 216 valence electrons. The molecule has 4 aliphatic rings. The van der Waals surface area contributed by atoms with Gasteiger partial charge in [0.2, 0.25) is 17.7 Å². The molecule has 3 aromatic rings. The molecular formula is C31H29F2N5O4. The van der Waals surface area contributed by atoms with Gasteiger partial charge in [0.1, 0.15) is 29.8 Å². The van der Waals surface area contributed by atoms with Crippen LogP contribution in [0.2, 0.25) is 0 Å². The van der Waals surface area contributed by atoms with E-state index in [1.807, 2.05) is 12.1 Å². The van der Waals surface area contributed by atoms with Crippen LogP contribution in [0.3, 0.4) is 0 Å². The van der Waals surface area contributed by atoms with E-state index in [9.17, 15) is 23.2 Å². The fraction of sp³-hybridized carbons (Fsp3) is 0.387. The summed E-state index contributed by atoms with van der Waals surface area (Å²) in [4.78, 5) is 50.5. The maximum absolute atomic E-state index is 14.2. The third kappa shape index (κ3) is 4.34. The molecule has 2 atom stereocenters. The van der Waals surface area contributed by atoms with E-state index in [0.717, 1.165) is 22.8 Å². The summed E-state index contributed by atoms with van der Waals surface area (Å²) >= 11 is 0. The van der Waals surface area contributed by atoms with E-state index >= 15 is 0 Å². The number of piperidine rings is 1. The number of benzene rings is 1. The Morgan fingerprint density at radius 1 is 1.05 bits per heavy atom. The van der Waals surface area contributed by atoms with Crippen molar-refractivity contribution < 1.29 is 27.9 Å². The van der Waals surface area contributed by atoms with E-state index in [0.29, 0.717) is 68.9 Å². The number of hydrogen-bond acceptors (Lipinski definition) is 6. The number of nitrogens with one attached hydrogen (secondary N) is 2. The Kier molecular flexibility index (Phi) is 6.30. The topological polar surface area (TPSA) is 114 Å². The Morgan fingerprint density at radius 2 is 1.81 bits per heavy atom. The van der Waals surface area contributed by atoms with E-state index < -0.39 is 34.4 Å². The van der Waals surface area contributed by atoms with E-state index in [4.69, 9.17) is 4.74 Å². The Hall–Kier alpha value is -4.25. The maximum Gasteiger partial charge on any atom is 0.245 e. The lowest BCUT2D eigenvalue weighted by molar-refractivity contribution is -0.159. The van der Waals surface area contributed by atoms with Crippen molar-refractivity contribution in [2.45, 2.75) is 50.0 Å². The number of carbonyl (C=O) groups is 3. The number of hydrogen-bond donors (Lipinski definition) is 2. The summed E-state index contributed by atoms with van der Waals surface area (Å²) in [6.45, 7) is 0.600. The lowest BCUT2D eigenvalue weighted by atomic mass is 9.70. The van der Waals surface area contributed by atoms with Crippen LogP contribution in [0.4, 0.5) is 20.4 Å². The second-order valence-corrected chi connectivity index (χ2v) is 11.8. The maximum atomic E-state index is 14.2. The molecule has 2 fully saturated rings. The van der Waals surface area contributed by atoms with Gasteiger partial charge in [-0.2, -0.15) is 0 Å². The molecule has 1 unspecified atom stereocenters. The Morgan fingerprint density at radius 3 is 2.60 bits per heavy atom. The van der Waals surface area contributed by atoms with Crippen molar-refractivity contribution in [3.05, 3.63) is 82.7 Å². The zero-order valence-electron chi connectivity index (χ0n) is 22.8. The van der Waals surface area contributed by atoms with Gasteiger partial charge in [0, 0.05) is 37.2 Å². The molecule has 1 aromatic carbocycles. The number of fused-ring (bicyclic) bond motifs is 3. The number of amides is 3. The predicted molar refractivity (Wildman–Crippen MR) is 147 cm³/mol. The van der Waals surface area contributed by atoms with E-state index in [1.54, 1.807) is 18.5 Å². The van der Waals surface area contributed by atoms with Gasteiger partial charge in [0.05, 0.1) is 16.9 Å². The van der Waals surface area contributed by atoms with Gasteiger partial charge in [-0.25, -0.2) is 18.7 Å². The lowest BCUT2D eigenvalue weighted by Gasteiger charge is -2.47. The molecule has 5 heterocycles. The molecule has 3 aliphatic heterocycles. The quantitative estimate of drug-likeness (QED) is 0.491. The highest BCUT2D eigenvalue weighted by Crippen LogP contribution is 2.48. The van der Waals surface area contributed by atoms with Crippen molar-refractivity contribution in [3.8, 4) is 0 Å². The Balaban J connectivity index is 1.12. The highest BCUT2D eigenvalue weighted by molar-refractivity contribution is 6.06. The largest absolute Gasteiger partial charge is 0.381 e. The van der Waals surface area contributed by atoms with Crippen molar-refractivity contribution in [3.63, 3.8) is 0 Å². The van der Waals surface area contributed by atoms with Gasteiger partial charge in [0.25, 0.3) is 0 Å². The zero-order chi connectivity index (χ0) is 29.1. The molecule has 2 spiro atoms. The van der Waals surface area contributed by atoms with Crippen molar-refractivity contribution in [2.75, 3.05) is 30.4 Å². The first-order chi connectivity index (χ1) is 20.3. The highest BCUT2D eigenvalue weighted by Gasteiger charge is 2.51. The van der Waals surface area contributed by atoms with Crippen molar-refractivity contribution in [2.24, 2.45) is 5.41 Å². The van der Waals surface area contributed by atoms with Crippen molar-refractivity contribution >= 4 is 29.4 Å². The second kappa shape index (κ2) is 9.94. The number of carbonyl (C=O) groups excluding carboxylic acids is 3. The average Bonchev–Trinajstić information content (AvgIpc) is 3.48. The van der Waals surface area contributed by atoms with Gasteiger partial charge < -0.3 is 20.3 Å². The smallest absolute Gasteiger partial charge is 0.245 e. The van der Waals surface area contributed by atoms with Gasteiger partial charge in [-0.15, -0.1) is 0 Å². The zero-order valence-corrected chi connectivity index (χ0v) is 22.8. The van der Waals surface area contributed by atoms with E-state index in [2.05, 4.69) is 20.6 Å². The van der Waals surface area contributed by atoms with Crippen molar-refractivity contribution in [1.29, 1.82) is 0 Å². The standard InChI is InChI=1S/C31H29F2N5O4/c32-21-10-18(11-22(33)13-21)24-3-4-30(5-8-42-9-6-30)29(41)38(24)17-26(39)36-25-12-19-14-31(15-20(19)16-35-25)23-2-1-7-34-27(23)37-28(31)40/h1-2,7,10-13,16,24H,3-6,8-9,14-15,17H2,(H,34,37,40)(H,35,36,39)/t24-,31?/m0/s1. The number of likely N-dealkylation sites (tertiary alicyclic amines) is 1. The Labute approximate surface area is 240 Å². The molecule has 0 radical (unpaired) electrons. The third-order valence-corrected chi connectivity index (χ3v) is 9.35. The minimum atomic E-state index is -0.762. The number of halogens is 2. The van der Waals surface area contributed by atoms with Gasteiger partial charge in [-0.3, -0.25) is 14.4 Å². The van der Waals surface area contributed by atoms with Gasteiger partial charge >= 0.3 is 0 Å². The molecule has 3 amide bonds. The van der Waals surface area contributed by atoms with E-state index in [1.165, 1.54) is 17.0 Å². The number of ether oxygens (including phenoxy) is 1. The number of rotatable bonds is 4. The molecule has 0 saturated carbocycles. The van der Waals surface area contributed by atoms with Gasteiger partial charge in [0.15, 0.2) is 0 Å². The van der Waals surface area contributed by atoms with Gasteiger partial charge in [-0.05, 0) is 79.5 Å². The van der Waals surface area contributed by atoms with E-state index in [-0.39, 0.29) is 18.4 Å². The van der Waals surface area contributed by atoms with Crippen molar-refractivity contribution in [1.82, 2.24) is 14.9 Å². The molecular weight excluding hydrogens is 544 g/mol. The monoisotopic (exact) mass is 573 g/mol. The summed E-state index contributed by atoms with van der Waals surface area (Å²) in [6.07, 6.45) is 6.33. The SMILES string of the molecule is O=C(CN1C(=O)C2(CCOCC2)CC[C@H]1c1cc(F)cc(F)c1)Nc1cc2c(cn1)CC1(C2)C(=O)Nc2ncccc21. The first-order valence-electron chi connectivity index (χ1n) is 14.2. The average molecular weight is 574 g/mol. The molecule has 9 nitrogen and oxygen atoms in total. The fourth-order valence-corrected chi connectivity index (χ4v) is 7.20. The molecule has 2 N–H and O–H groups in total. The molecule has 7 rings (SSSR count). The van der Waals surface area contributed by atoms with Crippen LogP contribution < -0.4 is 10.6 Å².